The number of halogens is 1. The molecule has 0 bridgehead atoms. The molecule has 4 heteroatoms. The maximum Gasteiger partial charge on any atom is 0.130 e. The van der Waals surface area contributed by atoms with Crippen LogP contribution in [-0.2, 0) is 6.61 Å². The van der Waals surface area contributed by atoms with Gasteiger partial charge < -0.3 is 15.1 Å². The molecule has 2 N–H and O–H groups in total. The second-order valence-electron chi connectivity index (χ2n) is 4.67. The van der Waals surface area contributed by atoms with Crippen LogP contribution in [0.2, 0.25) is 0 Å². The van der Waals surface area contributed by atoms with Crippen LogP contribution in [-0.4, -0.2) is 29.4 Å². The number of anilines is 1. The fraction of sp³-hybridized carbons (Fsp3) is 0.538. The van der Waals surface area contributed by atoms with Crippen molar-refractivity contribution >= 4 is 5.69 Å². The van der Waals surface area contributed by atoms with Gasteiger partial charge in [0.15, 0.2) is 0 Å². The van der Waals surface area contributed by atoms with E-state index < -0.39 is 11.9 Å². The van der Waals surface area contributed by atoms with E-state index in [9.17, 15) is 14.6 Å². The largest absolute Gasteiger partial charge is 0.391 e. The third-order valence-corrected chi connectivity index (χ3v) is 3.51. The molecule has 3 nitrogen and oxygen atoms in total. The zero-order valence-electron chi connectivity index (χ0n) is 9.93. The number of β-amino-alcohol motifs (C(OH)–C–C–N with tert-alkyl or cyclic N) is 1. The maximum atomic E-state index is 13.5. The molecule has 1 aliphatic rings. The molecule has 0 amide bonds. The molecule has 0 spiro atoms. The molecular formula is C13H18FNO2. The van der Waals surface area contributed by atoms with E-state index in [0.717, 1.165) is 13.0 Å². The average molecular weight is 239 g/mol. The standard InChI is InChI=1S/C13H18FNO2/c1-9-5-6-15(7-13(9)17)12-4-2-3-11(14)10(12)8-16/h2-4,9,13,16-17H,5-8H2,1H3. The van der Waals surface area contributed by atoms with Crippen LogP contribution >= 0.6 is 0 Å². The average Bonchev–Trinajstić information content (AvgIpc) is 2.32. The van der Waals surface area contributed by atoms with Gasteiger partial charge in [0.2, 0.25) is 0 Å². The lowest BCUT2D eigenvalue weighted by Crippen LogP contribution is -2.43. The van der Waals surface area contributed by atoms with Crippen molar-refractivity contribution in [3.05, 3.63) is 29.6 Å². The van der Waals surface area contributed by atoms with Crippen molar-refractivity contribution in [2.75, 3.05) is 18.0 Å². The Morgan fingerprint density at radius 1 is 1.47 bits per heavy atom. The van der Waals surface area contributed by atoms with Crippen LogP contribution in [0.25, 0.3) is 0 Å². The van der Waals surface area contributed by atoms with Crippen molar-refractivity contribution in [1.29, 1.82) is 0 Å². The highest BCUT2D eigenvalue weighted by molar-refractivity contribution is 5.54. The Hall–Kier alpha value is -1.13. The summed E-state index contributed by atoms with van der Waals surface area (Å²) in [6.45, 7) is 2.98. The van der Waals surface area contributed by atoms with Crippen molar-refractivity contribution in [3.63, 3.8) is 0 Å². The Labute approximate surface area is 100 Å². The topological polar surface area (TPSA) is 43.7 Å². The number of hydrogen-bond donors (Lipinski definition) is 2. The SMILES string of the molecule is CC1CCN(c2cccc(F)c2CO)CC1O. The van der Waals surface area contributed by atoms with E-state index in [1.165, 1.54) is 6.07 Å². The third-order valence-electron chi connectivity index (χ3n) is 3.51. The van der Waals surface area contributed by atoms with E-state index >= 15 is 0 Å². The van der Waals surface area contributed by atoms with Crippen molar-refractivity contribution in [3.8, 4) is 0 Å². The minimum absolute atomic E-state index is 0.275. The van der Waals surface area contributed by atoms with Gasteiger partial charge in [-0.15, -0.1) is 0 Å². The van der Waals surface area contributed by atoms with Crippen LogP contribution in [0.3, 0.4) is 0 Å². The summed E-state index contributed by atoms with van der Waals surface area (Å²) in [6, 6.07) is 4.77. The highest BCUT2D eigenvalue weighted by Gasteiger charge is 2.26. The number of benzene rings is 1. The number of aliphatic hydroxyl groups excluding tert-OH is 2. The first-order chi connectivity index (χ1) is 8.13. The van der Waals surface area contributed by atoms with Crippen LogP contribution in [0.4, 0.5) is 10.1 Å². The Morgan fingerprint density at radius 3 is 2.88 bits per heavy atom. The molecule has 2 rings (SSSR count). The molecule has 0 saturated carbocycles. The molecule has 1 fully saturated rings. The quantitative estimate of drug-likeness (QED) is 0.822. The van der Waals surface area contributed by atoms with Gasteiger partial charge >= 0.3 is 0 Å². The molecule has 1 heterocycles. The minimum Gasteiger partial charge on any atom is -0.391 e. The summed E-state index contributed by atoms with van der Waals surface area (Å²) in [4.78, 5) is 1.94. The second kappa shape index (κ2) is 5.02. The van der Waals surface area contributed by atoms with Crippen molar-refractivity contribution in [1.82, 2.24) is 0 Å². The van der Waals surface area contributed by atoms with Crippen molar-refractivity contribution < 1.29 is 14.6 Å². The molecule has 17 heavy (non-hydrogen) atoms. The summed E-state index contributed by atoms with van der Waals surface area (Å²) in [5, 5.41) is 19.1. The summed E-state index contributed by atoms with van der Waals surface area (Å²) < 4.78 is 13.5. The highest BCUT2D eigenvalue weighted by atomic mass is 19.1. The van der Waals surface area contributed by atoms with Gasteiger partial charge in [-0.05, 0) is 24.5 Å². The number of nitrogens with zero attached hydrogens (tertiary/aromatic N) is 1. The van der Waals surface area contributed by atoms with Crippen LogP contribution in [0.5, 0.6) is 0 Å². The van der Waals surface area contributed by atoms with E-state index in [2.05, 4.69) is 0 Å². The molecule has 1 aromatic carbocycles. The Balaban J connectivity index is 2.25. The predicted molar refractivity (Wildman–Crippen MR) is 64.3 cm³/mol. The van der Waals surface area contributed by atoms with Gasteiger partial charge in [-0.1, -0.05) is 13.0 Å². The number of aliphatic hydroxyl groups is 2. The van der Waals surface area contributed by atoms with Gasteiger partial charge in [0.05, 0.1) is 12.7 Å². The van der Waals surface area contributed by atoms with Crippen molar-refractivity contribution in [2.45, 2.75) is 26.1 Å². The normalized spacial score (nSPS) is 25.1. The first-order valence-electron chi connectivity index (χ1n) is 5.94. The molecule has 2 unspecified atom stereocenters. The molecule has 0 radical (unpaired) electrons. The first kappa shape index (κ1) is 12.3. The Kier molecular flexibility index (Phi) is 3.64. The fourth-order valence-corrected chi connectivity index (χ4v) is 2.27. The van der Waals surface area contributed by atoms with Gasteiger partial charge in [-0.25, -0.2) is 4.39 Å². The number of rotatable bonds is 2. The lowest BCUT2D eigenvalue weighted by Gasteiger charge is -2.36. The van der Waals surface area contributed by atoms with E-state index in [-0.39, 0.29) is 12.5 Å². The molecule has 94 valence electrons. The van der Waals surface area contributed by atoms with Crippen molar-refractivity contribution in [2.24, 2.45) is 5.92 Å². The highest BCUT2D eigenvalue weighted by Crippen LogP contribution is 2.28. The van der Waals surface area contributed by atoms with E-state index in [1.807, 2.05) is 11.8 Å². The van der Waals surface area contributed by atoms with Gasteiger partial charge in [-0.3, -0.25) is 0 Å². The van der Waals surface area contributed by atoms with Crippen LogP contribution in [0.1, 0.15) is 18.9 Å². The van der Waals surface area contributed by atoms with Crippen LogP contribution in [0, 0.1) is 11.7 Å². The molecule has 2 atom stereocenters. The van der Waals surface area contributed by atoms with E-state index in [4.69, 9.17) is 0 Å². The van der Waals surface area contributed by atoms with Gasteiger partial charge in [0.1, 0.15) is 5.82 Å². The molecule has 0 aliphatic carbocycles. The molecule has 1 aromatic rings. The lowest BCUT2D eigenvalue weighted by atomic mass is 9.95. The predicted octanol–water partition coefficient (Wildman–Crippen LogP) is 1.53. The van der Waals surface area contributed by atoms with E-state index in [0.29, 0.717) is 17.8 Å². The Morgan fingerprint density at radius 2 is 2.24 bits per heavy atom. The van der Waals surface area contributed by atoms with Crippen LogP contribution < -0.4 is 4.90 Å². The number of piperidine rings is 1. The summed E-state index contributed by atoms with van der Waals surface area (Å²) in [5.74, 6) is -0.115. The molecular weight excluding hydrogens is 221 g/mol. The van der Waals surface area contributed by atoms with Crippen LogP contribution in [0.15, 0.2) is 18.2 Å². The van der Waals surface area contributed by atoms with Gasteiger partial charge in [0, 0.05) is 24.3 Å². The maximum absolute atomic E-state index is 13.5. The lowest BCUT2D eigenvalue weighted by molar-refractivity contribution is 0.102. The number of hydrogen-bond acceptors (Lipinski definition) is 3. The minimum atomic E-state index is -0.391. The monoisotopic (exact) mass is 239 g/mol. The summed E-state index contributed by atoms with van der Waals surface area (Å²) in [5.41, 5.74) is 1.01. The zero-order valence-corrected chi connectivity index (χ0v) is 9.93. The van der Waals surface area contributed by atoms with Gasteiger partial charge in [0.25, 0.3) is 0 Å². The summed E-state index contributed by atoms with van der Waals surface area (Å²) in [6.07, 6.45) is 0.487. The molecule has 1 saturated heterocycles. The summed E-state index contributed by atoms with van der Waals surface area (Å²) in [7, 11) is 0. The Bertz CT molecular complexity index is 397. The first-order valence-corrected chi connectivity index (χ1v) is 5.94. The molecule has 1 aliphatic heterocycles. The summed E-state index contributed by atoms with van der Waals surface area (Å²) >= 11 is 0. The smallest absolute Gasteiger partial charge is 0.130 e. The van der Waals surface area contributed by atoms with Gasteiger partial charge in [-0.2, -0.15) is 0 Å². The van der Waals surface area contributed by atoms with E-state index in [1.54, 1.807) is 12.1 Å². The molecule has 0 aromatic heterocycles. The second-order valence-corrected chi connectivity index (χ2v) is 4.67. The third kappa shape index (κ3) is 2.42. The fourth-order valence-electron chi connectivity index (χ4n) is 2.27. The zero-order chi connectivity index (χ0) is 12.4.